The fraction of sp³-hybridized carbons (Fsp3) is 0.182. The predicted octanol–water partition coefficient (Wildman–Crippen LogP) is 4.29. The molecule has 0 radical (unpaired) electrons. The lowest BCUT2D eigenvalue weighted by Gasteiger charge is -2.09. The van der Waals surface area contributed by atoms with Crippen molar-refractivity contribution in [2.24, 2.45) is 0 Å². The van der Waals surface area contributed by atoms with E-state index in [1.54, 1.807) is 0 Å². The van der Waals surface area contributed by atoms with Gasteiger partial charge in [0.15, 0.2) is 0 Å². The molecule has 6 heteroatoms. The van der Waals surface area contributed by atoms with Crippen molar-refractivity contribution < 1.29 is 4.79 Å². The van der Waals surface area contributed by atoms with Crippen LogP contribution in [-0.2, 0) is 0 Å². The highest BCUT2D eigenvalue weighted by molar-refractivity contribution is 6.31. The number of pyridine rings is 1. The minimum atomic E-state index is -0.192. The summed E-state index contributed by atoms with van der Waals surface area (Å²) in [5.41, 5.74) is 5.07. The Morgan fingerprint density at radius 1 is 1.07 bits per heavy atom. The smallest absolute Gasteiger partial charge is 0.269 e. The van der Waals surface area contributed by atoms with Crippen LogP contribution in [0.2, 0.25) is 5.02 Å². The van der Waals surface area contributed by atoms with Crippen molar-refractivity contribution in [1.29, 1.82) is 0 Å². The van der Waals surface area contributed by atoms with E-state index in [1.807, 2.05) is 43.4 Å². The molecule has 4 aromatic rings. The number of halogens is 1. The van der Waals surface area contributed by atoms with E-state index >= 15 is 0 Å². The number of aromatic amines is 1. The summed E-state index contributed by atoms with van der Waals surface area (Å²) in [6.07, 6.45) is 0. The van der Waals surface area contributed by atoms with Gasteiger partial charge in [0.25, 0.3) is 5.91 Å². The van der Waals surface area contributed by atoms with Gasteiger partial charge in [0.05, 0.1) is 11.2 Å². The second-order valence-electron chi connectivity index (χ2n) is 6.77. The van der Waals surface area contributed by atoms with Crippen LogP contribution in [-0.4, -0.2) is 36.0 Å². The average molecular weight is 393 g/mol. The van der Waals surface area contributed by atoms with Crippen molar-refractivity contribution in [1.82, 2.24) is 20.6 Å². The number of hydrogen-bond donors (Lipinski definition) is 3. The highest BCUT2D eigenvalue weighted by atomic mass is 35.5. The number of nitrogens with zero attached hydrogens (tertiary/aromatic N) is 1. The summed E-state index contributed by atoms with van der Waals surface area (Å²) in [6.45, 7) is 3.30. The number of carbonyl (C=O) groups is 1. The maximum absolute atomic E-state index is 12.7. The molecule has 0 atom stereocenters. The van der Waals surface area contributed by atoms with Crippen molar-refractivity contribution in [3.63, 3.8) is 0 Å². The second-order valence-corrected chi connectivity index (χ2v) is 7.21. The van der Waals surface area contributed by atoms with E-state index in [9.17, 15) is 4.79 Å². The normalized spacial score (nSPS) is 11.2. The van der Waals surface area contributed by atoms with Gasteiger partial charge < -0.3 is 15.6 Å². The van der Waals surface area contributed by atoms with Crippen molar-refractivity contribution in [3.05, 3.63) is 64.8 Å². The first-order valence-corrected chi connectivity index (χ1v) is 9.57. The minimum absolute atomic E-state index is 0.192. The summed E-state index contributed by atoms with van der Waals surface area (Å²) in [7, 11) is 1.85. The van der Waals surface area contributed by atoms with Gasteiger partial charge in [0, 0.05) is 40.0 Å². The molecule has 0 fully saturated rings. The fourth-order valence-corrected chi connectivity index (χ4v) is 3.61. The van der Waals surface area contributed by atoms with Crippen LogP contribution in [0.5, 0.6) is 0 Å². The number of likely N-dealkylation sites (N-methyl/N-ethyl adjacent to an activating group) is 1. The molecular formula is C22H21ClN4O. The molecule has 0 saturated carbocycles. The van der Waals surface area contributed by atoms with Gasteiger partial charge in [-0.1, -0.05) is 41.9 Å². The van der Waals surface area contributed by atoms with Crippen molar-refractivity contribution in [3.8, 4) is 11.3 Å². The summed E-state index contributed by atoms with van der Waals surface area (Å²) >= 11 is 6.21. The van der Waals surface area contributed by atoms with Crippen LogP contribution in [0.25, 0.3) is 33.1 Å². The molecule has 0 bridgehead atoms. The van der Waals surface area contributed by atoms with E-state index in [4.69, 9.17) is 16.6 Å². The molecule has 2 aromatic carbocycles. The highest BCUT2D eigenvalue weighted by Crippen LogP contribution is 2.34. The van der Waals surface area contributed by atoms with E-state index in [2.05, 4.69) is 34.7 Å². The van der Waals surface area contributed by atoms with Crippen molar-refractivity contribution >= 4 is 39.3 Å². The molecule has 3 N–H and O–H groups in total. The first-order valence-electron chi connectivity index (χ1n) is 9.19. The summed E-state index contributed by atoms with van der Waals surface area (Å²) in [5, 5.41) is 8.60. The summed E-state index contributed by atoms with van der Waals surface area (Å²) < 4.78 is 0. The molecule has 28 heavy (non-hydrogen) atoms. The Morgan fingerprint density at radius 2 is 1.89 bits per heavy atom. The van der Waals surface area contributed by atoms with Crippen LogP contribution in [0, 0.1) is 6.92 Å². The van der Waals surface area contributed by atoms with Crippen LogP contribution < -0.4 is 10.6 Å². The molecule has 0 unspecified atom stereocenters. The van der Waals surface area contributed by atoms with E-state index in [0.29, 0.717) is 23.8 Å². The van der Waals surface area contributed by atoms with E-state index in [1.165, 1.54) is 0 Å². The molecule has 5 nitrogen and oxygen atoms in total. The number of rotatable bonds is 5. The lowest BCUT2D eigenvalue weighted by molar-refractivity contribution is 0.0949. The summed E-state index contributed by atoms with van der Waals surface area (Å²) in [6, 6.07) is 15.5. The number of fused-ring (bicyclic) bond motifs is 3. The van der Waals surface area contributed by atoms with E-state index in [0.717, 1.165) is 38.6 Å². The SMILES string of the molecule is CNCCNC(=O)c1cc2c([nH]c3c(C)cccc32)c(-c2cccc(Cl)c2)n1. The monoisotopic (exact) mass is 392 g/mol. The van der Waals surface area contributed by atoms with Gasteiger partial charge in [-0.15, -0.1) is 0 Å². The van der Waals surface area contributed by atoms with Crippen molar-refractivity contribution in [2.75, 3.05) is 20.1 Å². The number of H-pyrrole nitrogens is 1. The summed E-state index contributed by atoms with van der Waals surface area (Å²) in [4.78, 5) is 20.9. The van der Waals surface area contributed by atoms with Gasteiger partial charge >= 0.3 is 0 Å². The Labute approximate surface area is 168 Å². The lowest BCUT2D eigenvalue weighted by Crippen LogP contribution is -2.31. The largest absolute Gasteiger partial charge is 0.353 e. The van der Waals surface area contributed by atoms with Gasteiger partial charge in [0.2, 0.25) is 0 Å². The van der Waals surface area contributed by atoms with Crippen LogP contribution in [0.15, 0.2) is 48.5 Å². The number of aryl methyl sites for hydroxylation is 1. The third kappa shape index (κ3) is 3.35. The Balaban J connectivity index is 1.95. The zero-order valence-electron chi connectivity index (χ0n) is 15.8. The molecule has 1 amide bonds. The Morgan fingerprint density at radius 3 is 2.68 bits per heavy atom. The molecule has 0 saturated heterocycles. The molecule has 4 rings (SSSR count). The Kier molecular flexibility index (Phi) is 5.03. The number of aromatic nitrogens is 2. The van der Waals surface area contributed by atoms with Gasteiger partial charge in [-0.05, 0) is 37.7 Å². The van der Waals surface area contributed by atoms with Gasteiger partial charge in [-0.2, -0.15) is 0 Å². The molecule has 0 spiro atoms. The number of amides is 1. The van der Waals surface area contributed by atoms with E-state index < -0.39 is 0 Å². The number of benzene rings is 2. The second kappa shape index (κ2) is 7.62. The Bertz CT molecular complexity index is 1180. The molecule has 2 aromatic heterocycles. The average Bonchev–Trinajstić information content (AvgIpc) is 3.07. The number of hydrogen-bond acceptors (Lipinski definition) is 3. The lowest BCUT2D eigenvalue weighted by atomic mass is 10.1. The molecule has 0 aliphatic carbocycles. The van der Waals surface area contributed by atoms with E-state index in [-0.39, 0.29) is 5.91 Å². The van der Waals surface area contributed by atoms with Crippen LogP contribution in [0.3, 0.4) is 0 Å². The first kappa shape index (κ1) is 18.5. The number of para-hydroxylation sites is 1. The molecule has 142 valence electrons. The topological polar surface area (TPSA) is 69.8 Å². The predicted molar refractivity (Wildman–Crippen MR) is 115 cm³/mol. The van der Waals surface area contributed by atoms with Crippen LogP contribution in [0.1, 0.15) is 16.1 Å². The molecule has 2 heterocycles. The highest BCUT2D eigenvalue weighted by Gasteiger charge is 2.17. The Hall–Kier alpha value is -2.89. The quantitative estimate of drug-likeness (QED) is 0.443. The van der Waals surface area contributed by atoms with Crippen LogP contribution >= 0.6 is 11.6 Å². The van der Waals surface area contributed by atoms with Gasteiger partial charge in [-0.3, -0.25) is 4.79 Å². The zero-order chi connectivity index (χ0) is 19.7. The van der Waals surface area contributed by atoms with Crippen molar-refractivity contribution in [2.45, 2.75) is 6.92 Å². The van der Waals surface area contributed by atoms with Crippen LogP contribution in [0.4, 0.5) is 0 Å². The standard InChI is InChI=1S/C22H21ClN4O/c1-13-5-3-8-16-17-12-18(22(28)25-10-9-24-2)26-20(21(17)27-19(13)16)14-6-4-7-15(23)11-14/h3-8,11-12,24,27H,9-10H2,1-2H3,(H,25,28). The number of nitrogens with one attached hydrogen (secondary N) is 3. The van der Waals surface area contributed by atoms with Gasteiger partial charge in [-0.25, -0.2) is 4.98 Å². The third-order valence-corrected chi connectivity index (χ3v) is 5.06. The minimum Gasteiger partial charge on any atom is -0.353 e. The molecule has 0 aliphatic heterocycles. The van der Waals surface area contributed by atoms with Gasteiger partial charge in [0.1, 0.15) is 5.69 Å². The first-order chi connectivity index (χ1) is 13.6. The fourth-order valence-electron chi connectivity index (χ4n) is 3.42. The number of carbonyl (C=O) groups excluding carboxylic acids is 1. The molecule has 0 aliphatic rings. The molecular weight excluding hydrogens is 372 g/mol. The maximum atomic E-state index is 12.7. The maximum Gasteiger partial charge on any atom is 0.269 e. The summed E-state index contributed by atoms with van der Waals surface area (Å²) in [5.74, 6) is -0.192. The third-order valence-electron chi connectivity index (χ3n) is 4.82. The zero-order valence-corrected chi connectivity index (χ0v) is 16.5.